The van der Waals surface area contributed by atoms with Crippen LogP contribution in [-0.4, -0.2) is 30.9 Å². The van der Waals surface area contributed by atoms with E-state index in [0.29, 0.717) is 0 Å². The van der Waals surface area contributed by atoms with Gasteiger partial charge in [0, 0.05) is 13.8 Å². The molecule has 0 N–H and O–H groups in total. The fourth-order valence-corrected chi connectivity index (χ4v) is 0.683. The first-order chi connectivity index (χ1) is 3.31. The summed E-state index contributed by atoms with van der Waals surface area (Å²) in [5.74, 6) is 0.920. The van der Waals surface area contributed by atoms with Gasteiger partial charge in [0.1, 0.15) is 0 Å². The molecule has 0 aromatic carbocycles. The van der Waals surface area contributed by atoms with Gasteiger partial charge in [0.05, 0.1) is 5.88 Å². The minimum Gasteiger partial charge on any atom is -0.291 e. The summed E-state index contributed by atoms with van der Waals surface area (Å²) in [6.45, 7) is 3.34. The van der Waals surface area contributed by atoms with E-state index in [9.17, 15) is 0 Å². The van der Waals surface area contributed by atoms with Crippen molar-refractivity contribution in [3.05, 3.63) is 0 Å². The summed E-state index contributed by atoms with van der Waals surface area (Å²) in [6.07, 6.45) is 2.03. The van der Waals surface area contributed by atoms with Crippen LogP contribution in [0, 0.1) is 0 Å². The molecule has 0 rings (SSSR count). The number of hydrazone groups is 1. The Balaban J connectivity index is 2.98. The zero-order valence-corrected chi connectivity index (χ0v) is 5.53. The van der Waals surface area contributed by atoms with E-state index in [1.54, 1.807) is 16.8 Å². The highest BCUT2D eigenvalue weighted by molar-refractivity contribution is 7.98. The largest absolute Gasteiger partial charge is 0.291 e. The first-order valence-electron chi connectivity index (χ1n) is 1.98. The molecule has 0 radical (unpaired) electrons. The van der Waals surface area contributed by atoms with Crippen molar-refractivity contribution in [3.8, 4) is 0 Å². The second-order valence-electron chi connectivity index (χ2n) is 1.22. The van der Waals surface area contributed by atoms with E-state index in [0.717, 1.165) is 5.88 Å². The van der Waals surface area contributed by atoms with E-state index in [1.807, 2.05) is 13.3 Å². The molecule has 0 aromatic heterocycles. The molecule has 0 fully saturated rings. The van der Waals surface area contributed by atoms with Crippen molar-refractivity contribution >= 4 is 18.5 Å². The molecule has 42 valence electrons. The topological polar surface area (TPSA) is 15.6 Å². The molecule has 0 saturated carbocycles. The van der Waals surface area contributed by atoms with Crippen LogP contribution in [0.25, 0.3) is 0 Å². The molecule has 0 unspecified atom stereocenters. The monoisotopic (exact) mass is 118 g/mol. The predicted molar refractivity (Wildman–Crippen MR) is 35.7 cm³/mol. The summed E-state index contributed by atoms with van der Waals surface area (Å²) in [5, 5.41) is 5.42. The van der Waals surface area contributed by atoms with E-state index < -0.39 is 0 Å². The number of hydrogen-bond acceptors (Lipinski definition) is 3. The van der Waals surface area contributed by atoms with Gasteiger partial charge in [-0.1, -0.05) is 0 Å². The number of rotatable bonds is 3. The van der Waals surface area contributed by atoms with Gasteiger partial charge in [-0.2, -0.15) is 5.10 Å². The Morgan fingerprint density at radius 2 is 2.43 bits per heavy atom. The maximum atomic E-state index is 3.64. The molecular weight excluding hydrogens is 108 g/mol. The molecule has 0 saturated heterocycles. The van der Waals surface area contributed by atoms with Gasteiger partial charge in [-0.05, 0) is 6.26 Å². The van der Waals surface area contributed by atoms with Crippen molar-refractivity contribution in [2.75, 3.05) is 19.2 Å². The molecule has 7 heavy (non-hydrogen) atoms. The third-order valence-electron chi connectivity index (χ3n) is 0.557. The lowest BCUT2D eigenvalue weighted by Gasteiger charge is -2.07. The zero-order chi connectivity index (χ0) is 5.70. The fourth-order valence-electron chi connectivity index (χ4n) is 0.228. The maximum Gasteiger partial charge on any atom is 0.0808 e. The number of hydrogen-bond donors (Lipinski definition) is 0. The van der Waals surface area contributed by atoms with Crippen LogP contribution in [-0.2, 0) is 0 Å². The molecule has 0 heterocycles. The summed E-state index contributed by atoms with van der Waals surface area (Å²) in [5.41, 5.74) is 0. The van der Waals surface area contributed by atoms with Crippen LogP contribution in [0.5, 0.6) is 0 Å². The average molecular weight is 118 g/mol. The molecule has 0 aliphatic rings. The average Bonchev–Trinajstić information content (AvgIpc) is 1.68. The van der Waals surface area contributed by atoms with E-state index >= 15 is 0 Å². The molecule has 0 bridgehead atoms. The summed E-state index contributed by atoms with van der Waals surface area (Å²) in [6, 6.07) is 0. The van der Waals surface area contributed by atoms with Gasteiger partial charge in [0.15, 0.2) is 0 Å². The minimum absolute atomic E-state index is 0.920. The van der Waals surface area contributed by atoms with Gasteiger partial charge in [-0.3, -0.25) is 5.01 Å². The van der Waals surface area contributed by atoms with Crippen LogP contribution in [0.4, 0.5) is 0 Å². The third kappa shape index (κ3) is 3.66. The Morgan fingerprint density at radius 1 is 1.86 bits per heavy atom. The summed E-state index contributed by atoms with van der Waals surface area (Å²) < 4.78 is 0. The fraction of sp³-hybridized carbons (Fsp3) is 0.750. The smallest absolute Gasteiger partial charge is 0.0808 e. The SMILES string of the molecule is C=NN(C)CSC. The van der Waals surface area contributed by atoms with Crippen molar-refractivity contribution in [3.63, 3.8) is 0 Å². The van der Waals surface area contributed by atoms with Crippen molar-refractivity contribution in [2.45, 2.75) is 0 Å². The molecule has 0 atom stereocenters. The quantitative estimate of drug-likeness (QED) is 0.310. The molecule has 2 nitrogen and oxygen atoms in total. The normalized spacial score (nSPS) is 8.29. The van der Waals surface area contributed by atoms with E-state index in [1.165, 1.54) is 0 Å². The lowest BCUT2D eigenvalue weighted by molar-refractivity contribution is 0.424. The van der Waals surface area contributed by atoms with Crippen LogP contribution < -0.4 is 0 Å². The Labute approximate surface area is 48.6 Å². The van der Waals surface area contributed by atoms with Crippen molar-refractivity contribution in [1.29, 1.82) is 0 Å². The van der Waals surface area contributed by atoms with Gasteiger partial charge >= 0.3 is 0 Å². The lowest BCUT2D eigenvalue weighted by Crippen LogP contribution is -2.07. The van der Waals surface area contributed by atoms with Crippen LogP contribution in [0.1, 0.15) is 0 Å². The number of nitrogens with zero attached hydrogens (tertiary/aromatic N) is 2. The molecule has 0 aliphatic carbocycles. The second kappa shape index (κ2) is 3.99. The second-order valence-corrected chi connectivity index (χ2v) is 2.05. The van der Waals surface area contributed by atoms with Crippen LogP contribution in [0.3, 0.4) is 0 Å². The molecule has 3 heteroatoms. The van der Waals surface area contributed by atoms with Gasteiger partial charge in [-0.15, -0.1) is 11.8 Å². The van der Waals surface area contributed by atoms with E-state index in [2.05, 4.69) is 11.8 Å². The first kappa shape index (κ1) is 6.82. The zero-order valence-electron chi connectivity index (χ0n) is 4.72. The Morgan fingerprint density at radius 3 is 2.57 bits per heavy atom. The highest BCUT2D eigenvalue weighted by atomic mass is 32.2. The van der Waals surface area contributed by atoms with Crippen molar-refractivity contribution in [1.82, 2.24) is 5.01 Å². The summed E-state index contributed by atoms with van der Waals surface area (Å²) in [4.78, 5) is 0. The molecule has 0 spiro atoms. The molecule has 0 amide bonds. The maximum absolute atomic E-state index is 3.64. The molecular formula is C4H10N2S. The highest BCUT2D eigenvalue weighted by Gasteiger charge is 1.82. The van der Waals surface area contributed by atoms with Crippen LogP contribution in [0.2, 0.25) is 0 Å². The van der Waals surface area contributed by atoms with Gasteiger partial charge in [0.2, 0.25) is 0 Å². The lowest BCUT2D eigenvalue weighted by atomic mass is 11.2. The number of thioether (sulfide) groups is 1. The third-order valence-corrected chi connectivity index (χ3v) is 1.19. The van der Waals surface area contributed by atoms with Gasteiger partial charge in [-0.25, -0.2) is 0 Å². The first-order valence-corrected chi connectivity index (χ1v) is 3.37. The Kier molecular flexibility index (Phi) is 3.89. The van der Waals surface area contributed by atoms with Crippen LogP contribution >= 0.6 is 11.8 Å². The summed E-state index contributed by atoms with van der Waals surface area (Å²) >= 11 is 1.73. The minimum atomic E-state index is 0.920. The van der Waals surface area contributed by atoms with E-state index in [-0.39, 0.29) is 0 Å². The molecule has 0 aliphatic heterocycles. The summed E-state index contributed by atoms with van der Waals surface area (Å²) in [7, 11) is 1.89. The van der Waals surface area contributed by atoms with Crippen molar-refractivity contribution < 1.29 is 0 Å². The van der Waals surface area contributed by atoms with Gasteiger partial charge in [0.25, 0.3) is 0 Å². The molecule has 0 aromatic rings. The Hall–Kier alpha value is -0.180. The van der Waals surface area contributed by atoms with Crippen molar-refractivity contribution in [2.24, 2.45) is 5.10 Å². The van der Waals surface area contributed by atoms with Gasteiger partial charge < -0.3 is 0 Å². The highest BCUT2D eigenvalue weighted by Crippen LogP contribution is 1.93. The standard InChI is InChI=1S/C4H10N2S/c1-5-6(2)4-7-3/h1,4H2,2-3H3. The predicted octanol–water partition coefficient (Wildman–Crippen LogP) is 0.854. The Bertz CT molecular complexity index is 55.7. The van der Waals surface area contributed by atoms with E-state index in [4.69, 9.17) is 0 Å². The van der Waals surface area contributed by atoms with Crippen LogP contribution in [0.15, 0.2) is 5.10 Å².